The first-order valence-corrected chi connectivity index (χ1v) is 10.1. The number of anilines is 2. The zero-order chi connectivity index (χ0) is 21.7. The molecule has 3 rings (SSSR count). The molecule has 0 radical (unpaired) electrons. The summed E-state index contributed by atoms with van der Waals surface area (Å²) < 4.78 is 19.5. The first kappa shape index (κ1) is 21.8. The van der Waals surface area contributed by atoms with Gasteiger partial charge in [-0.2, -0.15) is 0 Å². The van der Waals surface area contributed by atoms with Crippen LogP contribution in [0.25, 0.3) is 0 Å². The second-order valence-corrected chi connectivity index (χ2v) is 7.51. The maximum Gasteiger partial charge on any atom is 0.259 e. The summed E-state index contributed by atoms with van der Waals surface area (Å²) in [6, 6.07) is 15.5. The summed E-state index contributed by atoms with van der Waals surface area (Å²) in [4.78, 5) is 25.3. The van der Waals surface area contributed by atoms with Gasteiger partial charge in [0.1, 0.15) is 11.6 Å². The van der Waals surface area contributed by atoms with Gasteiger partial charge in [0.05, 0.1) is 17.2 Å². The number of amides is 2. The fourth-order valence-electron chi connectivity index (χ4n) is 2.67. The average Bonchev–Trinajstić information content (AvgIpc) is 2.72. The van der Waals surface area contributed by atoms with Gasteiger partial charge in [0.25, 0.3) is 11.8 Å². The molecule has 0 aromatic heterocycles. The molecule has 0 heterocycles. The second kappa shape index (κ2) is 9.73. The zero-order valence-electron chi connectivity index (χ0n) is 15.8. The number of carbonyl (C=O) groups is 2. The summed E-state index contributed by atoms with van der Waals surface area (Å²) in [6.07, 6.45) is 0. The van der Waals surface area contributed by atoms with Crippen molar-refractivity contribution in [3.8, 4) is 5.75 Å². The monoisotopic (exact) mass is 490 g/mol. The fourth-order valence-corrected chi connectivity index (χ4v) is 3.22. The lowest BCUT2D eigenvalue weighted by molar-refractivity contribution is 0.101. The van der Waals surface area contributed by atoms with Gasteiger partial charge in [0.2, 0.25) is 0 Å². The predicted octanol–water partition coefficient (Wildman–Crippen LogP) is 6.14. The molecule has 2 N–H and O–H groups in total. The molecule has 0 aliphatic carbocycles. The van der Waals surface area contributed by atoms with E-state index in [0.717, 1.165) is 4.47 Å². The summed E-state index contributed by atoms with van der Waals surface area (Å²) in [5, 5.41) is 5.32. The molecule has 0 bridgehead atoms. The van der Waals surface area contributed by atoms with E-state index in [-0.39, 0.29) is 10.9 Å². The smallest absolute Gasteiger partial charge is 0.259 e. The van der Waals surface area contributed by atoms with E-state index >= 15 is 0 Å². The van der Waals surface area contributed by atoms with Gasteiger partial charge >= 0.3 is 0 Å². The van der Waals surface area contributed by atoms with Crippen LogP contribution in [0.15, 0.2) is 65.1 Å². The van der Waals surface area contributed by atoms with Crippen LogP contribution < -0.4 is 15.4 Å². The van der Waals surface area contributed by atoms with Crippen molar-refractivity contribution >= 4 is 50.7 Å². The van der Waals surface area contributed by atoms with Crippen molar-refractivity contribution in [3.05, 3.63) is 87.1 Å². The van der Waals surface area contributed by atoms with Crippen LogP contribution in [0.2, 0.25) is 5.02 Å². The highest BCUT2D eigenvalue weighted by Gasteiger charge is 2.15. The Morgan fingerprint density at radius 3 is 2.47 bits per heavy atom. The molecule has 0 atom stereocenters. The number of ether oxygens (including phenoxy) is 1. The van der Waals surface area contributed by atoms with E-state index in [1.54, 1.807) is 36.4 Å². The van der Waals surface area contributed by atoms with Gasteiger partial charge in [-0.15, -0.1) is 0 Å². The molecule has 3 aromatic rings. The maximum absolute atomic E-state index is 13.3. The van der Waals surface area contributed by atoms with Crippen LogP contribution in [0.5, 0.6) is 5.75 Å². The van der Waals surface area contributed by atoms with Gasteiger partial charge in [-0.25, -0.2) is 4.39 Å². The number of rotatable bonds is 6. The Balaban J connectivity index is 1.77. The average molecular weight is 492 g/mol. The summed E-state index contributed by atoms with van der Waals surface area (Å²) in [5.41, 5.74) is 1.47. The lowest BCUT2D eigenvalue weighted by atomic mass is 10.1. The summed E-state index contributed by atoms with van der Waals surface area (Å²) >= 11 is 9.09. The van der Waals surface area contributed by atoms with Gasteiger partial charge in [-0.3, -0.25) is 9.59 Å². The molecular formula is C22H17BrClFN2O3. The first-order valence-electron chi connectivity index (χ1n) is 8.97. The molecule has 2 amide bonds. The maximum atomic E-state index is 13.3. The molecule has 0 saturated heterocycles. The third kappa shape index (κ3) is 5.37. The minimum atomic E-state index is -0.571. The normalized spacial score (nSPS) is 10.4. The Morgan fingerprint density at radius 2 is 1.73 bits per heavy atom. The molecule has 5 nitrogen and oxygen atoms in total. The van der Waals surface area contributed by atoms with Crippen molar-refractivity contribution in [2.45, 2.75) is 6.92 Å². The van der Waals surface area contributed by atoms with Crippen LogP contribution in [-0.4, -0.2) is 18.4 Å². The highest BCUT2D eigenvalue weighted by molar-refractivity contribution is 9.10. The van der Waals surface area contributed by atoms with Gasteiger partial charge in [0, 0.05) is 21.4 Å². The number of benzene rings is 3. The quantitative estimate of drug-likeness (QED) is 0.435. The van der Waals surface area contributed by atoms with Crippen LogP contribution >= 0.6 is 27.5 Å². The zero-order valence-corrected chi connectivity index (χ0v) is 18.2. The van der Waals surface area contributed by atoms with E-state index in [0.29, 0.717) is 34.9 Å². The molecule has 0 fully saturated rings. The second-order valence-electron chi connectivity index (χ2n) is 6.19. The number of carbonyl (C=O) groups excluding carboxylic acids is 2. The Bertz CT molecular complexity index is 1110. The summed E-state index contributed by atoms with van der Waals surface area (Å²) in [5.74, 6) is -0.910. The third-order valence-electron chi connectivity index (χ3n) is 4.05. The predicted molar refractivity (Wildman–Crippen MR) is 119 cm³/mol. The van der Waals surface area contributed by atoms with Crippen molar-refractivity contribution < 1.29 is 18.7 Å². The van der Waals surface area contributed by atoms with Gasteiger partial charge in [0.15, 0.2) is 0 Å². The molecule has 0 spiro atoms. The van der Waals surface area contributed by atoms with Crippen molar-refractivity contribution in [1.29, 1.82) is 0 Å². The van der Waals surface area contributed by atoms with Crippen LogP contribution in [0.1, 0.15) is 27.6 Å². The van der Waals surface area contributed by atoms with Crippen molar-refractivity contribution in [1.82, 2.24) is 0 Å². The minimum absolute atomic E-state index is 0.0899. The highest BCUT2D eigenvalue weighted by atomic mass is 79.9. The minimum Gasteiger partial charge on any atom is -0.493 e. The molecule has 0 aliphatic rings. The van der Waals surface area contributed by atoms with Crippen molar-refractivity contribution in [2.75, 3.05) is 17.2 Å². The molecule has 0 saturated carbocycles. The first-order chi connectivity index (χ1) is 14.4. The van der Waals surface area contributed by atoms with Crippen LogP contribution in [0.3, 0.4) is 0 Å². The Hall–Kier alpha value is -2.90. The number of nitrogens with one attached hydrogen (secondary N) is 2. The van der Waals surface area contributed by atoms with E-state index in [1.165, 1.54) is 24.3 Å². The van der Waals surface area contributed by atoms with E-state index < -0.39 is 11.7 Å². The van der Waals surface area contributed by atoms with Crippen LogP contribution in [-0.2, 0) is 0 Å². The molecular weight excluding hydrogens is 475 g/mol. The Morgan fingerprint density at radius 1 is 1.00 bits per heavy atom. The van der Waals surface area contributed by atoms with Gasteiger partial charge in [-0.1, -0.05) is 33.6 Å². The van der Waals surface area contributed by atoms with Gasteiger partial charge < -0.3 is 15.4 Å². The van der Waals surface area contributed by atoms with Crippen LogP contribution in [0, 0.1) is 5.82 Å². The number of halogens is 3. The van der Waals surface area contributed by atoms with E-state index in [2.05, 4.69) is 26.6 Å². The lowest BCUT2D eigenvalue weighted by Crippen LogP contribution is -2.15. The number of hydrogen-bond donors (Lipinski definition) is 2. The van der Waals surface area contributed by atoms with Crippen molar-refractivity contribution in [2.24, 2.45) is 0 Å². The molecule has 30 heavy (non-hydrogen) atoms. The van der Waals surface area contributed by atoms with Crippen molar-refractivity contribution in [3.63, 3.8) is 0 Å². The standard InChI is InChI=1S/C22H17BrClFN2O3/c1-2-30-20-9-6-14(23)11-17(20)22(29)27-15-5-3-4-13(10-15)21(28)26-16-7-8-19(25)18(24)12-16/h3-12H,2H2,1H3,(H,26,28)(H,27,29). The molecule has 154 valence electrons. The summed E-state index contributed by atoms with van der Waals surface area (Å²) in [6.45, 7) is 2.26. The van der Waals surface area contributed by atoms with Gasteiger partial charge in [-0.05, 0) is 61.5 Å². The Kier molecular flexibility index (Phi) is 7.07. The lowest BCUT2D eigenvalue weighted by Gasteiger charge is -2.12. The topological polar surface area (TPSA) is 67.4 Å². The van der Waals surface area contributed by atoms with Crippen LogP contribution in [0.4, 0.5) is 15.8 Å². The fraction of sp³-hybridized carbons (Fsp3) is 0.0909. The molecule has 0 aliphatic heterocycles. The largest absolute Gasteiger partial charge is 0.493 e. The SMILES string of the molecule is CCOc1ccc(Br)cc1C(=O)Nc1cccc(C(=O)Nc2ccc(F)c(Cl)c2)c1. The van der Waals surface area contributed by atoms with E-state index in [9.17, 15) is 14.0 Å². The third-order valence-corrected chi connectivity index (χ3v) is 4.83. The highest BCUT2D eigenvalue weighted by Crippen LogP contribution is 2.25. The van der Waals surface area contributed by atoms with E-state index in [4.69, 9.17) is 16.3 Å². The molecule has 3 aromatic carbocycles. The Labute approximate surface area is 186 Å². The molecule has 0 unspecified atom stereocenters. The molecule has 8 heteroatoms. The summed E-state index contributed by atoms with van der Waals surface area (Å²) in [7, 11) is 0. The van der Waals surface area contributed by atoms with E-state index in [1.807, 2.05) is 6.92 Å². The number of hydrogen-bond acceptors (Lipinski definition) is 3.